The van der Waals surface area contributed by atoms with Crippen LogP contribution in [0.2, 0.25) is 0 Å². The predicted molar refractivity (Wildman–Crippen MR) is 78.7 cm³/mol. The van der Waals surface area contributed by atoms with Crippen LogP contribution >= 0.6 is 0 Å². The van der Waals surface area contributed by atoms with Crippen molar-refractivity contribution < 1.29 is 14.6 Å². The summed E-state index contributed by atoms with van der Waals surface area (Å²) >= 11 is 0. The SMILES string of the molecule is O=C(N/N=C1/CCOc2ccccc21)c1ccc(O)cc1. The number of hydrogen-bond donors (Lipinski definition) is 2. The second kappa shape index (κ2) is 5.66. The first kappa shape index (κ1) is 13.2. The molecule has 1 heterocycles. The number of hydrogen-bond acceptors (Lipinski definition) is 4. The van der Waals surface area contributed by atoms with Crippen molar-refractivity contribution in [2.75, 3.05) is 6.61 Å². The molecular formula is C16H14N2O3. The third-order valence-electron chi connectivity index (χ3n) is 3.22. The molecule has 2 aromatic carbocycles. The number of aromatic hydroxyl groups is 1. The van der Waals surface area contributed by atoms with E-state index in [1.807, 2.05) is 24.3 Å². The van der Waals surface area contributed by atoms with E-state index < -0.39 is 0 Å². The number of para-hydroxylation sites is 1. The maximum Gasteiger partial charge on any atom is 0.271 e. The van der Waals surface area contributed by atoms with Crippen LogP contribution in [0.5, 0.6) is 11.5 Å². The Hall–Kier alpha value is -2.82. The van der Waals surface area contributed by atoms with Crippen LogP contribution in [-0.4, -0.2) is 23.3 Å². The average molecular weight is 282 g/mol. The van der Waals surface area contributed by atoms with Gasteiger partial charge in [-0.05, 0) is 36.4 Å². The van der Waals surface area contributed by atoms with Gasteiger partial charge in [-0.3, -0.25) is 4.79 Å². The highest BCUT2D eigenvalue weighted by molar-refractivity contribution is 6.04. The summed E-state index contributed by atoms with van der Waals surface area (Å²) in [6, 6.07) is 13.6. The van der Waals surface area contributed by atoms with Gasteiger partial charge >= 0.3 is 0 Å². The van der Waals surface area contributed by atoms with E-state index in [-0.39, 0.29) is 11.7 Å². The molecule has 0 spiro atoms. The number of nitrogens with one attached hydrogen (secondary N) is 1. The fourth-order valence-corrected chi connectivity index (χ4v) is 2.13. The smallest absolute Gasteiger partial charge is 0.271 e. The summed E-state index contributed by atoms with van der Waals surface area (Å²) in [7, 11) is 0. The predicted octanol–water partition coefficient (Wildman–Crippen LogP) is 2.31. The molecule has 5 heteroatoms. The summed E-state index contributed by atoms with van der Waals surface area (Å²) in [5.41, 5.74) is 4.68. The normalized spacial score (nSPS) is 15.1. The van der Waals surface area contributed by atoms with Gasteiger partial charge in [-0.2, -0.15) is 5.10 Å². The molecule has 1 aliphatic rings. The minimum Gasteiger partial charge on any atom is -0.508 e. The molecule has 3 rings (SSSR count). The molecule has 2 N–H and O–H groups in total. The number of phenols is 1. The Kier molecular flexibility index (Phi) is 3.55. The standard InChI is InChI=1S/C16H14N2O3/c19-12-7-5-11(6-8-12)16(20)18-17-14-9-10-21-15-4-2-1-3-13(14)15/h1-8,19H,9-10H2,(H,18,20)/b17-14-. The largest absolute Gasteiger partial charge is 0.508 e. The van der Waals surface area contributed by atoms with Gasteiger partial charge in [-0.15, -0.1) is 0 Å². The topological polar surface area (TPSA) is 70.9 Å². The third-order valence-corrected chi connectivity index (χ3v) is 3.22. The number of hydrazone groups is 1. The van der Waals surface area contributed by atoms with Crippen LogP contribution in [0.15, 0.2) is 53.6 Å². The van der Waals surface area contributed by atoms with Gasteiger partial charge in [-0.25, -0.2) is 5.43 Å². The van der Waals surface area contributed by atoms with Gasteiger partial charge in [0.2, 0.25) is 0 Å². The van der Waals surface area contributed by atoms with E-state index >= 15 is 0 Å². The number of carbonyl (C=O) groups is 1. The first-order chi connectivity index (χ1) is 10.2. The van der Waals surface area contributed by atoms with E-state index in [0.717, 1.165) is 17.0 Å². The Bertz CT molecular complexity index is 693. The number of nitrogens with zero attached hydrogens (tertiary/aromatic N) is 1. The van der Waals surface area contributed by atoms with Gasteiger partial charge in [0.15, 0.2) is 0 Å². The summed E-state index contributed by atoms with van der Waals surface area (Å²) < 4.78 is 5.54. The van der Waals surface area contributed by atoms with Gasteiger partial charge in [0.05, 0.1) is 12.3 Å². The molecule has 0 aromatic heterocycles. The van der Waals surface area contributed by atoms with Crippen LogP contribution in [0.25, 0.3) is 0 Å². The van der Waals surface area contributed by atoms with Crippen LogP contribution in [0.4, 0.5) is 0 Å². The molecule has 0 fully saturated rings. The molecule has 0 saturated heterocycles. The zero-order valence-corrected chi connectivity index (χ0v) is 11.2. The number of rotatable bonds is 2. The molecule has 1 aliphatic heterocycles. The lowest BCUT2D eigenvalue weighted by Crippen LogP contribution is -2.23. The fraction of sp³-hybridized carbons (Fsp3) is 0.125. The van der Waals surface area contributed by atoms with E-state index in [1.54, 1.807) is 12.1 Å². The Balaban J connectivity index is 1.78. The number of amides is 1. The molecule has 0 atom stereocenters. The van der Waals surface area contributed by atoms with Gasteiger partial charge in [-0.1, -0.05) is 12.1 Å². The van der Waals surface area contributed by atoms with Gasteiger partial charge in [0.1, 0.15) is 11.5 Å². The molecule has 0 aliphatic carbocycles. The van der Waals surface area contributed by atoms with Crippen molar-refractivity contribution >= 4 is 11.6 Å². The first-order valence-corrected chi connectivity index (χ1v) is 6.62. The van der Waals surface area contributed by atoms with Crippen molar-refractivity contribution in [1.82, 2.24) is 5.43 Å². The fourth-order valence-electron chi connectivity index (χ4n) is 2.13. The summed E-state index contributed by atoms with van der Waals surface area (Å²) in [6.07, 6.45) is 0.646. The van der Waals surface area contributed by atoms with Crippen molar-refractivity contribution in [2.24, 2.45) is 5.10 Å². The van der Waals surface area contributed by atoms with Crippen molar-refractivity contribution in [3.05, 3.63) is 59.7 Å². The van der Waals surface area contributed by atoms with Gasteiger partial charge in [0.25, 0.3) is 5.91 Å². The maximum atomic E-state index is 12.0. The highest BCUT2D eigenvalue weighted by Crippen LogP contribution is 2.24. The van der Waals surface area contributed by atoms with Crippen molar-refractivity contribution in [3.8, 4) is 11.5 Å². The zero-order chi connectivity index (χ0) is 14.7. The Morgan fingerprint density at radius 2 is 1.90 bits per heavy atom. The Morgan fingerprint density at radius 1 is 1.14 bits per heavy atom. The summed E-state index contributed by atoms with van der Waals surface area (Å²) in [4.78, 5) is 12.0. The lowest BCUT2D eigenvalue weighted by molar-refractivity contribution is 0.0954. The van der Waals surface area contributed by atoms with E-state index in [2.05, 4.69) is 10.5 Å². The quantitative estimate of drug-likeness (QED) is 0.830. The van der Waals surface area contributed by atoms with Gasteiger partial charge in [0, 0.05) is 17.5 Å². The van der Waals surface area contributed by atoms with Crippen LogP contribution in [-0.2, 0) is 0 Å². The summed E-state index contributed by atoms with van der Waals surface area (Å²) in [5, 5.41) is 13.4. The minimum atomic E-state index is -0.313. The molecule has 0 radical (unpaired) electrons. The average Bonchev–Trinajstić information content (AvgIpc) is 2.53. The molecule has 0 saturated carbocycles. The van der Waals surface area contributed by atoms with E-state index in [0.29, 0.717) is 18.6 Å². The first-order valence-electron chi connectivity index (χ1n) is 6.62. The molecule has 106 valence electrons. The molecule has 2 aromatic rings. The number of ether oxygens (including phenoxy) is 1. The number of carbonyl (C=O) groups excluding carboxylic acids is 1. The number of phenolic OH excluding ortho intramolecular Hbond substituents is 1. The zero-order valence-electron chi connectivity index (χ0n) is 11.2. The second-order valence-electron chi connectivity index (χ2n) is 4.64. The van der Waals surface area contributed by atoms with E-state index in [4.69, 9.17) is 4.74 Å². The monoisotopic (exact) mass is 282 g/mol. The molecule has 0 bridgehead atoms. The van der Waals surface area contributed by atoms with E-state index in [1.165, 1.54) is 12.1 Å². The van der Waals surface area contributed by atoms with Crippen molar-refractivity contribution in [3.63, 3.8) is 0 Å². The molecule has 0 unspecified atom stereocenters. The lowest BCUT2D eigenvalue weighted by Gasteiger charge is -2.18. The maximum absolute atomic E-state index is 12.0. The van der Waals surface area contributed by atoms with Gasteiger partial charge < -0.3 is 9.84 Å². The molecule has 5 nitrogen and oxygen atoms in total. The summed E-state index contributed by atoms with van der Waals surface area (Å²) in [6.45, 7) is 0.547. The molecule has 1 amide bonds. The molecule has 21 heavy (non-hydrogen) atoms. The highest BCUT2D eigenvalue weighted by Gasteiger charge is 2.16. The number of fused-ring (bicyclic) bond motifs is 1. The second-order valence-corrected chi connectivity index (χ2v) is 4.64. The molecular weight excluding hydrogens is 268 g/mol. The Morgan fingerprint density at radius 3 is 2.71 bits per heavy atom. The Labute approximate surface area is 121 Å². The highest BCUT2D eigenvalue weighted by atomic mass is 16.5. The lowest BCUT2D eigenvalue weighted by atomic mass is 10.0. The number of benzene rings is 2. The van der Waals surface area contributed by atoms with Crippen LogP contribution in [0, 0.1) is 0 Å². The van der Waals surface area contributed by atoms with E-state index in [9.17, 15) is 9.90 Å². The van der Waals surface area contributed by atoms with Crippen LogP contribution < -0.4 is 10.2 Å². The van der Waals surface area contributed by atoms with Crippen LogP contribution in [0.1, 0.15) is 22.3 Å². The summed E-state index contributed by atoms with van der Waals surface area (Å²) in [5.74, 6) is 0.587. The minimum absolute atomic E-state index is 0.122. The van der Waals surface area contributed by atoms with Crippen molar-refractivity contribution in [2.45, 2.75) is 6.42 Å². The van der Waals surface area contributed by atoms with Crippen LogP contribution in [0.3, 0.4) is 0 Å². The van der Waals surface area contributed by atoms with Crippen molar-refractivity contribution in [1.29, 1.82) is 0 Å². The third kappa shape index (κ3) is 2.86.